The third kappa shape index (κ3) is 2.83. The molecule has 0 saturated carbocycles. The molecule has 80 valence electrons. The molecule has 0 saturated heterocycles. The van der Waals surface area contributed by atoms with E-state index in [-0.39, 0.29) is 17.3 Å². The molecular weight excluding hydrogens is 231 g/mol. The molecule has 0 heterocycles. The first-order valence-corrected chi connectivity index (χ1v) is 5.11. The highest BCUT2D eigenvalue weighted by molar-refractivity contribution is 7.91. The van der Waals surface area contributed by atoms with E-state index in [0.717, 1.165) is 0 Å². The smallest absolute Gasteiger partial charge is 0.207 e. The Labute approximate surface area is 87.6 Å². The van der Waals surface area contributed by atoms with E-state index >= 15 is 0 Å². The van der Waals surface area contributed by atoms with Gasteiger partial charge in [0.2, 0.25) is 9.84 Å². The molecule has 0 aliphatic heterocycles. The van der Waals surface area contributed by atoms with Gasteiger partial charge in [0, 0.05) is 5.69 Å². The molecule has 7 heteroatoms. The lowest BCUT2D eigenvalue weighted by atomic mass is 10.3. The van der Waals surface area contributed by atoms with E-state index in [0.29, 0.717) is 5.69 Å². The van der Waals surface area contributed by atoms with Gasteiger partial charge in [-0.3, -0.25) is 5.84 Å². The largest absolute Gasteiger partial charge is 0.324 e. The molecule has 1 aromatic rings. The van der Waals surface area contributed by atoms with Crippen molar-refractivity contribution < 1.29 is 12.8 Å². The third-order valence-electron chi connectivity index (χ3n) is 1.52. The summed E-state index contributed by atoms with van der Waals surface area (Å²) in [6, 6.07) is 4.13. The Kier molecular flexibility index (Phi) is 4.82. The molecule has 0 amide bonds. The minimum Gasteiger partial charge on any atom is -0.324 e. The van der Waals surface area contributed by atoms with E-state index in [4.69, 9.17) is 5.84 Å². The molecule has 0 bridgehead atoms. The molecule has 0 aliphatic rings. The van der Waals surface area contributed by atoms with Crippen LogP contribution < -0.4 is 11.3 Å². The van der Waals surface area contributed by atoms with Crippen molar-refractivity contribution in [3.8, 4) is 0 Å². The van der Waals surface area contributed by atoms with E-state index in [9.17, 15) is 12.8 Å². The monoisotopic (exact) mass is 240 g/mol. The van der Waals surface area contributed by atoms with Crippen molar-refractivity contribution in [2.45, 2.75) is 4.90 Å². The van der Waals surface area contributed by atoms with Crippen LogP contribution in [0.3, 0.4) is 0 Å². The highest BCUT2D eigenvalue weighted by Gasteiger charge is 2.12. The summed E-state index contributed by atoms with van der Waals surface area (Å²) in [5, 5.41) is 0. The zero-order valence-electron chi connectivity index (χ0n) is 7.10. The molecule has 4 nitrogen and oxygen atoms in total. The molecule has 0 atom stereocenters. The van der Waals surface area contributed by atoms with Gasteiger partial charge in [-0.1, -0.05) is 0 Å². The average Bonchev–Trinajstić information content (AvgIpc) is 2.18. The van der Waals surface area contributed by atoms with Crippen molar-refractivity contribution in [1.29, 1.82) is 0 Å². The zero-order valence-corrected chi connectivity index (χ0v) is 8.74. The van der Waals surface area contributed by atoms with Crippen LogP contribution >= 0.6 is 12.4 Å². The number of hydrazine groups is 1. The number of anilines is 1. The molecule has 14 heavy (non-hydrogen) atoms. The van der Waals surface area contributed by atoms with E-state index < -0.39 is 15.8 Å². The van der Waals surface area contributed by atoms with Crippen LogP contribution in [0.5, 0.6) is 0 Å². The van der Waals surface area contributed by atoms with Crippen LogP contribution in [0.25, 0.3) is 0 Å². The molecule has 0 radical (unpaired) electrons. The van der Waals surface area contributed by atoms with Gasteiger partial charge in [0.15, 0.2) is 6.01 Å². The fourth-order valence-electron chi connectivity index (χ4n) is 0.821. The molecule has 1 aromatic carbocycles. The Balaban J connectivity index is 0.00000169. The molecule has 0 spiro atoms. The second-order valence-corrected chi connectivity index (χ2v) is 4.31. The SMILES string of the molecule is Cl.NNc1ccc(S(=O)(=O)CF)cc1. The second kappa shape index (κ2) is 5.14. The van der Waals surface area contributed by atoms with Gasteiger partial charge in [0.05, 0.1) is 4.90 Å². The first kappa shape index (κ1) is 13.2. The van der Waals surface area contributed by atoms with Gasteiger partial charge in [-0.05, 0) is 24.3 Å². The van der Waals surface area contributed by atoms with Crippen molar-refractivity contribution >= 4 is 27.9 Å². The van der Waals surface area contributed by atoms with Crippen LogP contribution in [0.2, 0.25) is 0 Å². The van der Waals surface area contributed by atoms with Crippen LogP contribution in [0.15, 0.2) is 29.2 Å². The Morgan fingerprint density at radius 2 is 1.79 bits per heavy atom. The number of nitrogens with two attached hydrogens (primary N) is 1. The van der Waals surface area contributed by atoms with Gasteiger partial charge in [0.25, 0.3) is 0 Å². The van der Waals surface area contributed by atoms with Gasteiger partial charge in [-0.2, -0.15) is 0 Å². The van der Waals surface area contributed by atoms with Gasteiger partial charge in [-0.25, -0.2) is 12.8 Å². The summed E-state index contributed by atoms with van der Waals surface area (Å²) in [7, 11) is -3.76. The number of hydrogen-bond donors (Lipinski definition) is 2. The summed E-state index contributed by atoms with van der Waals surface area (Å²) in [6.07, 6.45) is 0. The molecule has 0 aliphatic carbocycles. The summed E-state index contributed by atoms with van der Waals surface area (Å²) in [5.74, 6) is 5.07. The van der Waals surface area contributed by atoms with Gasteiger partial charge >= 0.3 is 0 Å². The Morgan fingerprint density at radius 1 is 1.29 bits per heavy atom. The van der Waals surface area contributed by atoms with Crippen molar-refractivity contribution in [3.63, 3.8) is 0 Å². The third-order valence-corrected chi connectivity index (χ3v) is 2.80. The van der Waals surface area contributed by atoms with Crippen LogP contribution in [0, 0.1) is 0 Å². The number of halogens is 2. The molecule has 0 unspecified atom stereocenters. The van der Waals surface area contributed by atoms with E-state index in [1.165, 1.54) is 24.3 Å². The molecule has 1 rings (SSSR count). The zero-order chi connectivity index (χ0) is 9.90. The lowest BCUT2D eigenvalue weighted by Gasteiger charge is -2.01. The normalized spacial score (nSPS) is 10.4. The topological polar surface area (TPSA) is 72.2 Å². The Morgan fingerprint density at radius 3 is 2.14 bits per heavy atom. The number of nitrogens with one attached hydrogen (secondary N) is 1. The second-order valence-electron chi connectivity index (χ2n) is 2.39. The van der Waals surface area contributed by atoms with E-state index in [1.54, 1.807) is 0 Å². The minimum atomic E-state index is -3.76. The first-order valence-electron chi connectivity index (χ1n) is 3.45. The van der Waals surface area contributed by atoms with Crippen LogP contribution in [-0.4, -0.2) is 14.4 Å². The standard InChI is InChI=1S/C7H9FN2O2S.ClH/c8-5-13(11,12)7-3-1-6(10-9)2-4-7;/h1-4,10H,5,9H2;1H. The number of sulfone groups is 1. The van der Waals surface area contributed by atoms with Gasteiger partial charge < -0.3 is 5.43 Å². The Hall–Kier alpha value is -0.850. The predicted octanol–water partition coefficient (Wildman–Crippen LogP) is 1.09. The van der Waals surface area contributed by atoms with Crippen LogP contribution in [0.4, 0.5) is 10.1 Å². The number of benzene rings is 1. The predicted molar refractivity (Wildman–Crippen MR) is 54.7 cm³/mol. The van der Waals surface area contributed by atoms with Crippen molar-refractivity contribution in [3.05, 3.63) is 24.3 Å². The van der Waals surface area contributed by atoms with E-state index in [1.807, 2.05) is 0 Å². The maximum Gasteiger partial charge on any atom is 0.207 e. The quantitative estimate of drug-likeness (QED) is 0.613. The van der Waals surface area contributed by atoms with Crippen LogP contribution in [0.1, 0.15) is 0 Å². The minimum absolute atomic E-state index is 0. The highest BCUT2D eigenvalue weighted by Crippen LogP contribution is 2.14. The van der Waals surface area contributed by atoms with Crippen molar-refractivity contribution in [2.75, 3.05) is 11.4 Å². The summed E-state index contributed by atoms with van der Waals surface area (Å²) < 4.78 is 34.0. The number of nitrogen functional groups attached to an aromatic ring is 1. The van der Waals surface area contributed by atoms with Crippen LogP contribution in [-0.2, 0) is 9.84 Å². The summed E-state index contributed by atoms with van der Waals surface area (Å²) in [6.45, 7) is 0. The average molecular weight is 241 g/mol. The molecule has 0 fully saturated rings. The Bertz CT molecular complexity index is 379. The number of rotatable bonds is 3. The van der Waals surface area contributed by atoms with E-state index in [2.05, 4.69) is 5.43 Å². The van der Waals surface area contributed by atoms with Gasteiger partial charge in [0.1, 0.15) is 0 Å². The lowest BCUT2D eigenvalue weighted by molar-refractivity contribution is 0.534. The first-order chi connectivity index (χ1) is 6.10. The summed E-state index contributed by atoms with van der Waals surface area (Å²) >= 11 is 0. The summed E-state index contributed by atoms with van der Waals surface area (Å²) in [4.78, 5) is -0.0472. The number of hydrogen-bond acceptors (Lipinski definition) is 4. The molecule has 0 aromatic heterocycles. The molecule has 3 N–H and O–H groups in total. The summed E-state index contributed by atoms with van der Waals surface area (Å²) in [5.41, 5.74) is 2.90. The molecular formula is C7H10ClFN2O2S. The maximum absolute atomic E-state index is 12.0. The number of alkyl halides is 1. The highest BCUT2D eigenvalue weighted by atomic mass is 35.5. The van der Waals surface area contributed by atoms with Crippen molar-refractivity contribution in [1.82, 2.24) is 0 Å². The fraction of sp³-hybridized carbons (Fsp3) is 0.143. The fourth-order valence-corrected chi connectivity index (χ4v) is 1.50. The van der Waals surface area contributed by atoms with Gasteiger partial charge in [-0.15, -0.1) is 12.4 Å². The maximum atomic E-state index is 12.0. The lowest BCUT2D eigenvalue weighted by Crippen LogP contribution is -2.07. The van der Waals surface area contributed by atoms with Crippen molar-refractivity contribution in [2.24, 2.45) is 5.84 Å².